The van der Waals surface area contributed by atoms with E-state index in [2.05, 4.69) is 22.8 Å². The fourth-order valence-corrected chi connectivity index (χ4v) is 3.37. The summed E-state index contributed by atoms with van der Waals surface area (Å²) < 4.78 is 5.58. The number of rotatable bonds is 2. The van der Waals surface area contributed by atoms with Crippen LogP contribution >= 0.6 is 23.6 Å². The van der Waals surface area contributed by atoms with Crippen molar-refractivity contribution in [3.63, 3.8) is 0 Å². The van der Waals surface area contributed by atoms with Crippen molar-refractivity contribution in [3.8, 4) is 27.6 Å². The highest BCUT2D eigenvalue weighted by Gasteiger charge is 2.15. The third kappa shape index (κ3) is 2.49. The molecule has 0 saturated heterocycles. The highest BCUT2D eigenvalue weighted by molar-refractivity contribution is 7.80. The number of hydrogen-bond donors (Lipinski definition) is 1. The van der Waals surface area contributed by atoms with E-state index < -0.39 is 0 Å². The maximum absolute atomic E-state index is 5.58. The van der Waals surface area contributed by atoms with Crippen molar-refractivity contribution in [2.75, 3.05) is 11.9 Å². The van der Waals surface area contributed by atoms with Gasteiger partial charge in [-0.2, -0.15) is 0 Å². The van der Waals surface area contributed by atoms with Gasteiger partial charge in [-0.25, -0.2) is 4.98 Å². The van der Waals surface area contributed by atoms with Crippen LogP contribution in [0.1, 0.15) is 0 Å². The molecule has 1 aliphatic rings. The van der Waals surface area contributed by atoms with Gasteiger partial charge < -0.3 is 10.1 Å². The van der Waals surface area contributed by atoms with Crippen LogP contribution in [-0.2, 0) is 0 Å². The highest BCUT2D eigenvalue weighted by atomic mass is 32.1. The lowest BCUT2D eigenvalue weighted by atomic mass is 10.1. The molecule has 5 heteroatoms. The Morgan fingerprint density at radius 3 is 2.82 bits per heavy atom. The van der Waals surface area contributed by atoms with Crippen LogP contribution in [0.15, 0.2) is 53.9 Å². The molecule has 2 heterocycles. The molecular weight excluding hydrogens is 312 g/mol. The summed E-state index contributed by atoms with van der Waals surface area (Å²) in [4.78, 5) is 5.44. The van der Waals surface area contributed by atoms with Crippen LogP contribution in [0.25, 0.3) is 21.8 Å². The van der Waals surface area contributed by atoms with Gasteiger partial charge in [0.1, 0.15) is 22.4 Å². The maximum atomic E-state index is 5.58. The SMILES string of the molecule is S=C1COc2ccc(-c3csc(-c4ccccc4)n3)cc2N1. The number of nitrogens with one attached hydrogen (secondary N) is 1. The Balaban J connectivity index is 1.70. The molecule has 1 N–H and O–H groups in total. The number of benzene rings is 2. The molecule has 3 nitrogen and oxygen atoms in total. The molecule has 0 amide bonds. The summed E-state index contributed by atoms with van der Waals surface area (Å²) in [6.07, 6.45) is 0. The Hall–Kier alpha value is -2.24. The Bertz CT molecular complexity index is 843. The smallest absolute Gasteiger partial charge is 0.143 e. The van der Waals surface area contributed by atoms with Crippen LogP contribution in [0.4, 0.5) is 5.69 Å². The van der Waals surface area contributed by atoms with Gasteiger partial charge in [0.15, 0.2) is 0 Å². The van der Waals surface area contributed by atoms with Gasteiger partial charge in [0.25, 0.3) is 0 Å². The van der Waals surface area contributed by atoms with Crippen molar-refractivity contribution in [3.05, 3.63) is 53.9 Å². The predicted octanol–water partition coefficient (Wildman–Crippen LogP) is 4.61. The summed E-state index contributed by atoms with van der Waals surface area (Å²) in [5.41, 5.74) is 4.06. The second-order valence-electron chi connectivity index (χ2n) is 4.95. The second kappa shape index (κ2) is 5.51. The van der Waals surface area contributed by atoms with E-state index >= 15 is 0 Å². The first kappa shape index (κ1) is 13.4. The third-order valence-electron chi connectivity index (χ3n) is 3.43. The van der Waals surface area contributed by atoms with Crippen LogP contribution in [0.5, 0.6) is 5.75 Å². The van der Waals surface area contributed by atoms with Crippen molar-refractivity contribution < 1.29 is 4.74 Å². The Labute approximate surface area is 137 Å². The number of thiocarbonyl (C=S) groups is 1. The molecule has 0 aliphatic carbocycles. The van der Waals surface area contributed by atoms with Crippen molar-refractivity contribution >= 4 is 34.2 Å². The molecule has 1 aliphatic heterocycles. The molecule has 0 spiro atoms. The van der Waals surface area contributed by atoms with Crippen molar-refractivity contribution in [1.29, 1.82) is 0 Å². The molecular formula is C17H12N2OS2. The zero-order valence-electron chi connectivity index (χ0n) is 11.6. The molecule has 2 aromatic carbocycles. The molecule has 0 unspecified atom stereocenters. The van der Waals surface area contributed by atoms with Gasteiger partial charge in [0.2, 0.25) is 0 Å². The molecule has 0 bridgehead atoms. The molecule has 0 saturated carbocycles. The van der Waals surface area contributed by atoms with Crippen LogP contribution in [0.2, 0.25) is 0 Å². The van der Waals surface area contributed by atoms with Gasteiger partial charge >= 0.3 is 0 Å². The average molecular weight is 324 g/mol. The normalized spacial score (nSPS) is 13.2. The van der Waals surface area contributed by atoms with E-state index in [9.17, 15) is 0 Å². The largest absolute Gasteiger partial charge is 0.484 e. The van der Waals surface area contributed by atoms with E-state index in [1.54, 1.807) is 11.3 Å². The van der Waals surface area contributed by atoms with Gasteiger partial charge in [-0.3, -0.25) is 0 Å². The van der Waals surface area contributed by atoms with E-state index in [-0.39, 0.29) is 0 Å². The lowest BCUT2D eigenvalue weighted by molar-refractivity contribution is 0.375. The van der Waals surface area contributed by atoms with E-state index in [1.165, 1.54) is 0 Å². The van der Waals surface area contributed by atoms with Crippen LogP contribution in [0.3, 0.4) is 0 Å². The summed E-state index contributed by atoms with van der Waals surface area (Å²) in [5, 5.41) is 6.29. The first-order valence-corrected chi connectivity index (χ1v) is 8.16. The minimum atomic E-state index is 0.441. The number of hydrogen-bond acceptors (Lipinski definition) is 4. The molecule has 1 aromatic heterocycles. The number of ether oxygens (including phenoxy) is 1. The van der Waals surface area contributed by atoms with E-state index in [1.807, 2.05) is 36.4 Å². The topological polar surface area (TPSA) is 34.1 Å². The maximum Gasteiger partial charge on any atom is 0.143 e. The quantitative estimate of drug-likeness (QED) is 0.698. The second-order valence-corrected chi connectivity index (χ2v) is 6.30. The van der Waals surface area contributed by atoms with Crippen molar-refractivity contribution in [2.24, 2.45) is 0 Å². The first-order valence-electron chi connectivity index (χ1n) is 6.87. The lowest BCUT2D eigenvalue weighted by Gasteiger charge is -2.20. The summed E-state index contributed by atoms with van der Waals surface area (Å²) in [5.74, 6) is 0.830. The summed E-state index contributed by atoms with van der Waals surface area (Å²) >= 11 is 6.81. The standard InChI is InChI=1S/C17H12N2OS2/c21-16-9-20-15-7-6-12(8-13(15)18-16)14-10-22-17(19-14)11-4-2-1-3-5-11/h1-8,10H,9H2,(H,18,21). The fourth-order valence-electron chi connectivity index (χ4n) is 2.36. The lowest BCUT2D eigenvalue weighted by Crippen LogP contribution is -2.23. The highest BCUT2D eigenvalue weighted by Crippen LogP contribution is 2.34. The average Bonchev–Trinajstić information content (AvgIpc) is 3.05. The van der Waals surface area contributed by atoms with Crippen molar-refractivity contribution in [2.45, 2.75) is 0 Å². The summed E-state index contributed by atoms with van der Waals surface area (Å²) in [6.45, 7) is 0.441. The number of thiazole rings is 1. The molecule has 0 fully saturated rings. The monoisotopic (exact) mass is 324 g/mol. The Morgan fingerprint density at radius 1 is 1.09 bits per heavy atom. The van der Waals surface area contributed by atoms with Gasteiger partial charge in [-0.15, -0.1) is 11.3 Å². The van der Waals surface area contributed by atoms with Crippen molar-refractivity contribution in [1.82, 2.24) is 4.98 Å². The van der Waals surface area contributed by atoms with Crippen LogP contribution < -0.4 is 10.1 Å². The number of nitrogens with zero attached hydrogens (tertiary/aromatic N) is 1. The zero-order valence-corrected chi connectivity index (χ0v) is 13.2. The van der Waals surface area contributed by atoms with Gasteiger partial charge in [0, 0.05) is 16.5 Å². The van der Waals surface area contributed by atoms with Gasteiger partial charge in [-0.1, -0.05) is 42.5 Å². The van der Waals surface area contributed by atoms with E-state index in [4.69, 9.17) is 21.9 Å². The van der Waals surface area contributed by atoms with Crippen LogP contribution in [-0.4, -0.2) is 16.6 Å². The van der Waals surface area contributed by atoms with Crippen LogP contribution in [0, 0.1) is 0 Å². The third-order valence-corrected chi connectivity index (χ3v) is 4.54. The minimum absolute atomic E-state index is 0.441. The van der Waals surface area contributed by atoms with E-state index in [0.717, 1.165) is 33.3 Å². The number of anilines is 1. The zero-order chi connectivity index (χ0) is 14.9. The molecule has 3 aromatic rings. The molecule has 108 valence electrons. The van der Waals surface area contributed by atoms with Gasteiger partial charge in [0.05, 0.1) is 11.4 Å². The molecule has 0 radical (unpaired) electrons. The predicted molar refractivity (Wildman–Crippen MR) is 94.7 cm³/mol. The number of fused-ring (bicyclic) bond motifs is 1. The Kier molecular flexibility index (Phi) is 3.36. The molecule has 4 rings (SSSR count). The van der Waals surface area contributed by atoms with E-state index in [0.29, 0.717) is 11.6 Å². The molecule has 0 atom stereocenters. The number of aromatic nitrogens is 1. The van der Waals surface area contributed by atoms with Gasteiger partial charge in [-0.05, 0) is 18.2 Å². The summed E-state index contributed by atoms with van der Waals surface area (Å²) in [6, 6.07) is 16.2. The Morgan fingerprint density at radius 2 is 1.95 bits per heavy atom. The minimum Gasteiger partial charge on any atom is -0.484 e. The first-order chi connectivity index (χ1) is 10.8. The fraction of sp³-hybridized carbons (Fsp3) is 0.0588. The summed E-state index contributed by atoms with van der Waals surface area (Å²) in [7, 11) is 0. The molecule has 22 heavy (non-hydrogen) atoms.